The van der Waals surface area contributed by atoms with Gasteiger partial charge in [-0.3, -0.25) is 0 Å². The molecule has 7 heteroatoms. The molecule has 0 saturated carbocycles. The highest BCUT2D eigenvalue weighted by atomic mass is 79.9. The third-order valence-electron chi connectivity index (χ3n) is 4.17. The maximum absolute atomic E-state index is 12.2. The molecule has 3 aromatic carbocycles. The van der Waals surface area contributed by atoms with E-state index in [0.29, 0.717) is 27.7 Å². The smallest absolute Gasteiger partial charge is 0.349 e. The molecule has 0 aliphatic carbocycles. The van der Waals surface area contributed by atoms with Crippen molar-refractivity contribution in [3.05, 3.63) is 87.4 Å². The van der Waals surface area contributed by atoms with Gasteiger partial charge in [-0.2, -0.15) is 5.26 Å². The molecular formula is C24H17BrClNO4. The average Bonchev–Trinajstić information content (AvgIpc) is 2.78. The number of methoxy groups -OCH3 is 1. The maximum Gasteiger partial charge on any atom is 0.349 e. The molecule has 0 fully saturated rings. The van der Waals surface area contributed by atoms with Gasteiger partial charge in [0.2, 0.25) is 0 Å². The Balaban J connectivity index is 1.71. The highest BCUT2D eigenvalue weighted by Crippen LogP contribution is 2.30. The molecule has 3 aromatic rings. The van der Waals surface area contributed by atoms with Crippen molar-refractivity contribution in [3.8, 4) is 23.3 Å². The van der Waals surface area contributed by atoms with Crippen LogP contribution in [0.25, 0.3) is 11.6 Å². The molecule has 0 N–H and O–H groups in total. The average molecular weight is 499 g/mol. The summed E-state index contributed by atoms with van der Waals surface area (Å²) in [6.45, 7) is -0.248. The first-order chi connectivity index (χ1) is 15.0. The van der Waals surface area contributed by atoms with E-state index >= 15 is 0 Å². The molecule has 0 atom stereocenters. The largest absolute Gasteiger partial charge is 0.493 e. The van der Waals surface area contributed by atoms with Crippen LogP contribution in [0.3, 0.4) is 0 Å². The van der Waals surface area contributed by atoms with Crippen molar-refractivity contribution in [1.29, 1.82) is 5.26 Å². The van der Waals surface area contributed by atoms with Crippen LogP contribution in [0.2, 0.25) is 5.02 Å². The van der Waals surface area contributed by atoms with Gasteiger partial charge in [-0.15, -0.1) is 0 Å². The minimum atomic E-state index is -0.566. The molecule has 5 nitrogen and oxygen atoms in total. The number of ether oxygens (including phenoxy) is 3. The minimum absolute atomic E-state index is 0.248. The molecule has 0 aliphatic heterocycles. The van der Waals surface area contributed by atoms with Gasteiger partial charge in [0.05, 0.1) is 18.8 Å². The molecule has 0 bridgehead atoms. The van der Waals surface area contributed by atoms with E-state index in [9.17, 15) is 10.1 Å². The van der Waals surface area contributed by atoms with E-state index in [1.165, 1.54) is 7.11 Å². The molecular weight excluding hydrogens is 482 g/mol. The maximum atomic E-state index is 12.2. The Bertz CT molecular complexity index is 1140. The number of rotatable bonds is 7. The number of hydrogen-bond donors (Lipinski definition) is 0. The molecule has 0 unspecified atom stereocenters. The van der Waals surface area contributed by atoms with Gasteiger partial charge in [0.1, 0.15) is 5.75 Å². The van der Waals surface area contributed by atoms with Gasteiger partial charge in [-0.05, 0) is 65.7 Å². The lowest BCUT2D eigenvalue weighted by Crippen LogP contribution is -2.18. The lowest BCUT2D eigenvalue weighted by Gasteiger charge is -2.11. The molecule has 0 aliphatic rings. The summed E-state index contributed by atoms with van der Waals surface area (Å²) in [6.07, 6.45) is 1.72. The molecule has 0 heterocycles. The summed E-state index contributed by atoms with van der Waals surface area (Å²) in [4.78, 5) is 12.2. The number of halogens is 2. The Morgan fingerprint density at radius 1 is 1.06 bits per heavy atom. The van der Waals surface area contributed by atoms with Crippen LogP contribution in [0.15, 0.2) is 71.2 Å². The fourth-order valence-electron chi connectivity index (χ4n) is 2.66. The number of benzene rings is 3. The van der Waals surface area contributed by atoms with Gasteiger partial charge in [-0.1, -0.05) is 45.7 Å². The van der Waals surface area contributed by atoms with E-state index in [0.717, 1.165) is 10.0 Å². The molecule has 156 valence electrons. The second-order valence-corrected chi connectivity index (χ2v) is 7.66. The van der Waals surface area contributed by atoms with E-state index in [-0.39, 0.29) is 12.4 Å². The van der Waals surface area contributed by atoms with Crippen LogP contribution < -0.4 is 14.2 Å². The molecule has 31 heavy (non-hydrogen) atoms. The van der Waals surface area contributed by atoms with Gasteiger partial charge >= 0.3 is 5.97 Å². The van der Waals surface area contributed by atoms with Gasteiger partial charge in [-0.25, -0.2) is 4.79 Å². The Morgan fingerprint density at radius 2 is 1.77 bits per heavy atom. The summed E-state index contributed by atoms with van der Waals surface area (Å²) in [6, 6.07) is 21.3. The Kier molecular flexibility index (Phi) is 7.71. The van der Waals surface area contributed by atoms with Crippen LogP contribution in [0, 0.1) is 11.3 Å². The molecule has 3 rings (SSSR count). The zero-order valence-electron chi connectivity index (χ0n) is 16.5. The van der Waals surface area contributed by atoms with E-state index in [1.54, 1.807) is 60.7 Å². The van der Waals surface area contributed by atoms with Crippen molar-refractivity contribution in [1.82, 2.24) is 0 Å². The predicted octanol–water partition coefficient (Wildman–Crippen LogP) is 6.16. The van der Waals surface area contributed by atoms with Crippen molar-refractivity contribution in [2.45, 2.75) is 0 Å². The fourth-order valence-corrected chi connectivity index (χ4v) is 3.05. The SMILES string of the molecule is COc1cc(/C=C(\C#N)c2ccc(Cl)cc2)ccc1OC(=O)COc1ccc(Br)cc1. The van der Waals surface area contributed by atoms with Crippen molar-refractivity contribution in [3.63, 3.8) is 0 Å². The Morgan fingerprint density at radius 3 is 2.42 bits per heavy atom. The number of hydrogen-bond acceptors (Lipinski definition) is 5. The standard InChI is InChI=1S/C24H17BrClNO4/c1-29-23-13-16(12-18(14-27)17-3-7-20(26)8-4-17)2-11-22(23)31-24(28)15-30-21-9-5-19(25)6-10-21/h2-13H,15H2,1H3/b18-12+. The minimum Gasteiger partial charge on any atom is -0.493 e. The van der Waals surface area contributed by atoms with Crippen LogP contribution in [0.5, 0.6) is 17.2 Å². The summed E-state index contributed by atoms with van der Waals surface area (Å²) in [5.74, 6) is 0.607. The third-order valence-corrected chi connectivity index (χ3v) is 4.95. The van der Waals surface area contributed by atoms with E-state index in [2.05, 4.69) is 22.0 Å². The first kappa shape index (κ1) is 22.4. The second kappa shape index (κ2) is 10.7. The van der Waals surface area contributed by atoms with Crippen LogP contribution in [-0.2, 0) is 4.79 Å². The Hall–Kier alpha value is -3.27. The van der Waals surface area contributed by atoms with E-state index in [1.807, 2.05) is 12.1 Å². The summed E-state index contributed by atoms with van der Waals surface area (Å²) >= 11 is 9.25. The number of carbonyl (C=O) groups is 1. The quantitative estimate of drug-likeness (QED) is 0.169. The molecule has 0 spiro atoms. The zero-order valence-corrected chi connectivity index (χ0v) is 18.8. The normalized spacial score (nSPS) is 10.8. The first-order valence-electron chi connectivity index (χ1n) is 9.13. The molecule has 0 radical (unpaired) electrons. The van der Waals surface area contributed by atoms with E-state index in [4.69, 9.17) is 25.8 Å². The van der Waals surface area contributed by atoms with E-state index < -0.39 is 5.97 Å². The van der Waals surface area contributed by atoms with Gasteiger partial charge < -0.3 is 14.2 Å². The lowest BCUT2D eigenvalue weighted by molar-refractivity contribution is -0.136. The zero-order chi connectivity index (χ0) is 22.2. The number of allylic oxidation sites excluding steroid dienone is 1. The summed E-state index contributed by atoms with van der Waals surface area (Å²) in [5, 5.41) is 10.1. The summed E-state index contributed by atoms with van der Waals surface area (Å²) in [7, 11) is 1.48. The number of nitriles is 1. The van der Waals surface area contributed by atoms with Crippen molar-refractivity contribution < 1.29 is 19.0 Å². The number of esters is 1. The second-order valence-electron chi connectivity index (χ2n) is 6.30. The monoisotopic (exact) mass is 497 g/mol. The summed E-state index contributed by atoms with van der Waals surface area (Å²) < 4.78 is 17.1. The van der Waals surface area contributed by atoms with Gasteiger partial charge in [0.25, 0.3) is 0 Å². The fraction of sp³-hybridized carbons (Fsp3) is 0.0833. The third kappa shape index (κ3) is 6.35. The van der Waals surface area contributed by atoms with Crippen LogP contribution >= 0.6 is 27.5 Å². The highest BCUT2D eigenvalue weighted by Gasteiger charge is 2.12. The predicted molar refractivity (Wildman–Crippen MR) is 123 cm³/mol. The van der Waals surface area contributed by atoms with Crippen molar-refractivity contribution in [2.24, 2.45) is 0 Å². The van der Waals surface area contributed by atoms with Gasteiger partial charge in [0.15, 0.2) is 18.1 Å². The molecule has 0 amide bonds. The van der Waals surface area contributed by atoms with Gasteiger partial charge in [0, 0.05) is 9.50 Å². The van der Waals surface area contributed by atoms with Crippen LogP contribution in [0.4, 0.5) is 0 Å². The van der Waals surface area contributed by atoms with Crippen molar-refractivity contribution >= 4 is 45.1 Å². The van der Waals surface area contributed by atoms with Crippen LogP contribution in [0.1, 0.15) is 11.1 Å². The lowest BCUT2D eigenvalue weighted by atomic mass is 10.0. The topological polar surface area (TPSA) is 68.5 Å². The van der Waals surface area contributed by atoms with Crippen LogP contribution in [-0.4, -0.2) is 19.7 Å². The number of carbonyl (C=O) groups excluding carboxylic acids is 1. The molecule has 0 saturated heterocycles. The Labute approximate surface area is 193 Å². The highest BCUT2D eigenvalue weighted by molar-refractivity contribution is 9.10. The summed E-state index contributed by atoms with van der Waals surface area (Å²) in [5.41, 5.74) is 1.92. The molecule has 0 aromatic heterocycles. The number of nitrogens with zero attached hydrogens (tertiary/aromatic N) is 1. The van der Waals surface area contributed by atoms with Crippen molar-refractivity contribution in [2.75, 3.05) is 13.7 Å². The first-order valence-corrected chi connectivity index (χ1v) is 10.3.